The highest BCUT2D eigenvalue weighted by Gasteiger charge is 2.19. The molecule has 0 bridgehead atoms. The van der Waals surface area contributed by atoms with Crippen LogP contribution in [-0.2, 0) is 11.3 Å². The van der Waals surface area contributed by atoms with Crippen molar-refractivity contribution < 1.29 is 4.79 Å². The van der Waals surface area contributed by atoms with Crippen LogP contribution in [-0.4, -0.2) is 10.9 Å². The van der Waals surface area contributed by atoms with E-state index in [0.717, 1.165) is 28.2 Å². The maximum absolute atomic E-state index is 12.4. The number of hydrogen-bond donors (Lipinski definition) is 2. The van der Waals surface area contributed by atoms with Crippen molar-refractivity contribution in [2.45, 2.75) is 52.5 Å². The maximum atomic E-state index is 12.4. The second-order valence-corrected chi connectivity index (χ2v) is 7.66. The normalized spacial score (nSPS) is 14.4. The number of nitrogens with one attached hydrogen (secondary N) is 2. The lowest BCUT2D eigenvalue weighted by atomic mass is 10.0. The van der Waals surface area contributed by atoms with Crippen molar-refractivity contribution in [1.82, 2.24) is 4.98 Å². The van der Waals surface area contributed by atoms with Crippen LogP contribution in [0.5, 0.6) is 0 Å². The van der Waals surface area contributed by atoms with Crippen molar-refractivity contribution in [2.24, 2.45) is 5.92 Å². The quantitative estimate of drug-likeness (QED) is 0.706. The minimum atomic E-state index is 0.138. The van der Waals surface area contributed by atoms with E-state index in [2.05, 4.69) is 27.8 Å². The third-order valence-electron chi connectivity index (χ3n) is 5.01. The summed E-state index contributed by atoms with van der Waals surface area (Å²) >= 11 is 5.86. The zero-order chi connectivity index (χ0) is 18.5. The summed E-state index contributed by atoms with van der Waals surface area (Å²) in [5.74, 6) is 1.49. The average molecular weight is 372 g/mol. The molecule has 0 aliphatic heterocycles. The Balaban J connectivity index is 1.61. The van der Waals surface area contributed by atoms with Crippen LogP contribution in [0.2, 0.25) is 5.02 Å². The summed E-state index contributed by atoms with van der Waals surface area (Å²) in [4.78, 5) is 16.6. The molecule has 5 heteroatoms. The average Bonchev–Trinajstić information content (AvgIpc) is 3.10. The highest BCUT2D eigenvalue weighted by Crippen LogP contribution is 2.29. The molecule has 138 valence electrons. The lowest BCUT2D eigenvalue weighted by Crippen LogP contribution is -2.17. The van der Waals surface area contributed by atoms with Crippen LogP contribution in [0.4, 0.5) is 11.5 Å². The van der Waals surface area contributed by atoms with Gasteiger partial charge in [-0.1, -0.05) is 36.6 Å². The molecule has 0 radical (unpaired) electrons. The number of amides is 1. The molecule has 0 unspecified atom stereocenters. The van der Waals surface area contributed by atoms with Gasteiger partial charge in [0.05, 0.1) is 5.02 Å². The van der Waals surface area contributed by atoms with Gasteiger partial charge in [0.15, 0.2) is 0 Å². The van der Waals surface area contributed by atoms with Crippen molar-refractivity contribution >= 4 is 29.0 Å². The van der Waals surface area contributed by atoms with Gasteiger partial charge >= 0.3 is 0 Å². The Labute approximate surface area is 160 Å². The summed E-state index contributed by atoms with van der Waals surface area (Å²) in [7, 11) is 0. The first kappa shape index (κ1) is 18.7. The molecule has 26 heavy (non-hydrogen) atoms. The molecule has 1 aliphatic rings. The summed E-state index contributed by atoms with van der Waals surface area (Å²) in [6.07, 6.45) is 7.18. The Bertz CT molecular complexity index is 744. The molecule has 0 spiro atoms. The number of benzene rings is 1. The molecule has 1 aromatic heterocycles. The molecule has 1 fully saturated rings. The van der Waals surface area contributed by atoms with Gasteiger partial charge < -0.3 is 10.6 Å². The molecule has 2 aromatic rings. The summed E-state index contributed by atoms with van der Waals surface area (Å²) in [6.45, 7) is 4.76. The van der Waals surface area contributed by atoms with Crippen LogP contribution < -0.4 is 10.6 Å². The van der Waals surface area contributed by atoms with E-state index in [0.29, 0.717) is 23.9 Å². The summed E-state index contributed by atoms with van der Waals surface area (Å²) in [6, 6.07) is 7.90. The third kappa shape index (κ3) is 4.98. The van der Waals surface area contributed by atoms with Gasteiger partial charge in [0.1, 0.15) is 5.82 Å². The Morgan fingerprint density at radius 3 is 2.50 bits per heavy atom. The minimum absolute atomic E-state index is 0.138. The first-order valence-electron chi connectivity index (χ1n) is 9.26. The largest absolute Gasteiger partial charge is 0.366 e. The molecule has 4 nitrogen and oxygen atoms in total. The van der Waals surface area contributed by atoms with E-state index in [1.54, 1.807) is 6.20 Å². The van der Waals surface area contributed by atoms with Gasteiger partial charge in [-0.25, -0.2) is 4.98 Å². The van der Waals surface area contributed by atoms with Gasteiger partial charge in [0.25, 0.3) is 0 Å². The molecule has 0 atom stereocenters. The van der Waals surface area contributed by atoms with Crippen molar-refractivity contribution in [3.05, 3.63) is 52.2 Å². The van der Waals surface area contributed by atoms with Gasteiger partial charge in [-0.05, 0) is 61.4 Å². The monoisotopic (exact) mass is 371 g/mol. The molecule has 1 aromatic carbocycles. The van der Waals surface area contributed by atoms with E-state index < -0.39 is 0 Å². The van der Waals surface area contributed by atoms with E-state index in [1.807, 2.05) is 26.0 Å². The Kier molecular flexibility index (Phi) is 6.15. The van der Waals surface area contributed by atoms with E-state index in [9.17, 15) is 4.79 Å². The Morgan fingerprint density at radius 1 is 1.19 bits per heavy atom. The first-order chi connectivity index (χ1) is 12.5. The van der Waals surface area contributed by atoms with Gasteiger partial charge in [-0.3, -0.25) is 4.79 Å². The van der Waals surface area contributed by atoms with E-state index >= 15 is 0 Å². The van der Waals surface area contributed by atoms with Crippen molar-refractivity contribution in [3.8, 4) is 0 Å². The lowest BCUT2D eigenvalue weighted by Gasteiger charge is -2.16. The number of carbonyl (C=O) groups excluding carboxylic acids is 1. The molecule has 1 saturated carbocycles. The summed E-state index contributed by atoms with van der Waals surface area (Å²) in [5, 5.41) is 7.05. The minimum Gasteiger partial charge on any atom is -0.366 e. The number of hydrogen-bond acceptors (Lipinski definition) is 3. The van der Waals surface area contributed by atoms with Crippen LogP contribution in [0.3, 0.4) is 0 Å². The molecule has 2 N–H and O–H groups in total. The number of aryl methyl sites for hydroxylation is 2. The van der Waals surface area contributed by atoms with Gasteiger partial charge in [0, 0.05) is 24.8 Å². The SMILES string of the molecule is Cc1cc(CNc2ccc(Cl)cn2)cc(C)c1NC(=O)CC1CCCC1. The van der Waals surface area contributed by atoms with Gasteiger partial charge in [0.2, 0.25) is 5.91 Å². The van der Waals surface area contributed by atoms with Crippen molar-refractivity contribution in [3.63, 3.8) is 0 Å². The number of rotatable bonds is 6. The fourth-order valence-corrected chi connectivity index (χ4v) is 3.80. The number of aromatic nitrogens is 1. The zero-order valence-corrected chi connectivity index (χ0v) is 16.2. The van der Waals surface area contributed by atoms with Crippen LogP contribution in [0, 0.1) is 19.8 Å². The van der Waals surface area contributed by atoms with Crippen LogP contribution in [0.25, 0.3) is 0 Å². The molecule has 1 heterocycles. The second-order valence-electron chi connectivity index (χ2n) is 7.22. The number of halogens is 1. The molecule has 0 saturated heterocycles. The topological polar surface area (TPSA) is 54.0 Å². The van der Waals surface area contributed by atoms with Crippen LogP contribution >= 0.6 is 11.6 Å². The summed E-state index contributed by atoms with van der Waals surface area (Å²) in [5.41, 5.74) is 4.28. The number of pyridine rings is 1. The Morgan fingerprint density at radius 2 is 1.88 bits per heavy atom. The molecule has 1 aliphatic carbocycles. The predicted molar refractivity (Wildman–Crippen MR) is 108 cm³/mol. The Hall–Kier alpha value is -2.07. The third-order valence-corrected chi connectivity index (χ3v) is 5.23. The van der Waals surface area contributed by atoms with E-state index in [-0.39, 0.29) is 5.91 Å². The van der Waals surface area contributed by atoms with E-state index in [1.165, 1.54) is 25.7 Å². The first-order valence-corrected chi connectivity index (χ1v) is 9.64. The van der Waals surface area contributed by atoms with Crippen LogP contribution in [0.15, 0.2) is 30.5 Å². The number of nitrogens with zero attached hydrogens (tertiary/aromatic N) is 1. The molecule has 3 rings (SSSR count). The lowest BCUT2D eigenvalue weighted by molar-refractivity contribution is -0.117. The second kappa shape index (κ2) is 8.54. The van der Waals surface area contributed by atoms with Crippen molar-refractivity contribution in [2.75, 3.05) is 10.6 Å². The fraction of sp³-hybridized carbons (Fsp3) is 0.429. The van der Waals surface area contributed by atoms with Crippen molar-refractivity contribution in [1.29, 1.82) is 0 Å². The smallest absolute Gasteiger partial charge is 0.224 e. The van der Waals surface area contributed by atoms with Gasteiger partial charge in [-0.2, -0.15) is 0 Å². The molecule has 1 amide bonds. The highest BCUT2D eigenvalue weighted by atomic mass is 35.5. The predicted octanol–water partition coefficient (Wildman–Crippen LogP) is 5.48. The summed E-state index contributed by atoms with van der Waals surface area (Å²) < 4.78 is 0. The maximum Gasteiger partial charge on any atom is 0.224 e. The molecular weight excluding hydrogens is 346 g/mol. The number of carbonyl (C=O) groups is 1. The zero-order valence-electron chi connectivity index (χ0n) is 15.4. The highest BCUT2D eigenvalue weighted by molar-refractivity contribution is 6.30. The standard InChI is InChI=1S/C21H26ClN3O/c1-14-9-17(12-23-19-8-7-18(22)13-24-19)10-15(2)21(14)25-20(26)11-16-5-3-4-6-16/h7-10,13,16H,3-6,11-12H2,1-2H3,(H,23,24)(H,25,26). The molecular formula is C21H26ClN3O. The number of anilines is 2. The van der Waals surface area contributed by atoms with Gasteiger partial charge in [-0.15, -0.1) is 0 Å². The fourth-order valence-electron chi connectivity index (χ4n) is 3.69. The van der Waals surface area contributed by atoms with Crippen LogP contribution in [0.1, 0.15) is 48.8 Å². The van der Waals surface area contributed by atoms with E-state index in [4.69, 9.17) is 11.6 Å².